The van der Waals surface area contributed by atoms with Crippen LogP contribution in [0, 0.1) is 6.92 Å². The van der Waals surface area contributed by atoms with E-state index >= 15 is 0 Å². The molecule has 1 atom stereocenters. The third-order valence-electron chi connectivity index (χ3n) is 3.35. The van der Waals surface area contributed by atoms with Gasteiger partial charge in [0.05, 0.1) is 24.9 Å². The molecule has 1 aromatic rings. The average molecular weight is 238 g/mol. The first kappa shape index (κ1) is 12.5. The zero-order valence-corrected chi connectivity index (χ0v) is 10.9. The summed E-state index contributed by atoms with van der Waals surface area (Å²) in [5.41, 5.74) is 1.15. The highest BCUT2D eigenvalue weighted by atomic mass is 16.5. The summed E-state index contributed by atoms with van der Waals surface area (Å²) in [4.78, 5) is 7.09. The number of aryl methyl sites for hydroxylation is 2. The molecule has 0 spiro atoms. The second-order valence-electron chi connectivity index (χ2n) is 4.55. The van der Waals surface area contributed by atoms with Gasteiger partial charge in [0, 0.05) is 32.9 Å². The Hall–Kier alpha value is -0.910. The lowest BCUT2D eigenvalue weighted by molar-refractivity contribution is 0.0157. The quantitative estimate of drug-likeness (QED) is 0.820. The first-order valence-corrected chi connectivity index (χ1v) is 6.18. The first-order valence-electron chi connectivity index (χ1n) is 6.18. The number of ether oxygens (including phenoxy) is 1. The molecule has 1 N–H and O–H groups in total. The summed E-state index contributed by atoms with van der Waals surface area (Å²) in [7, 11) is 4.03. The standard InChI is InChI=1S/C12H22N4O/c1-10-14-11(9-15(10)3)12(8-13-2)16-4-6-17-7-5-16/h9,12-13H,4-8H2,1-3H3. The monoisotopic (exact) mass is 238 g/mol. The molecule has 1 aromatic heterocycles. The summed E-state index contributed by atoms with van der Waals surface area (Å²) in [5, 5.41) is 3.26. The Balaban J connectivity index is 2.15. The number of hydrogen-bond donors (Lipinski definition) is 1. The first-order chi connectivity index (χ1) is 8.22. The SMILES string of the molecule is CNCC(c1cn(C)c(C)n1)N1CCOCC1. The number of imidazole rings is 1. The van der Waals surface area contributed by atoms with Crippen molar-refractivity contribution in [1.82, 2.24) is 19.8 Å². The van der Waals surface area contributed by atoms with Gasteiger partial charge in [-0.3, -0.25) is 4.90 Å². The average Bonchev–Trinajstić information content (AvgIpc) is 2.67. The van der Waals surface area contributed by atoms with Crippen molar-refractivity contribution >= 4 is 0 Å². The van der Waals surface area contributed by atoms with Crippen LogP contribution in [0.5, 0.6) is 0 Å². The number of aromatic nitrogens is 2. The van der Waals surface area contributed by atoms with E-state index in [2.05, 4.69) is 26.0 Å². The van der Waals surface area contributed by atoms with E-state index in [0.717, 1.165) is 44.4 Å². The van der Waals surface area contributed by atoms with E-state index in [-0.39, 0.29) is 0 Å². The number of hydrogen-bond acceptors (Lipinski definition) is 4. The summed E-state index contributed by atoms with van der Waals surface area (Å²) >= 11 is 0. The molecule has 0 aliphatic carbocycles. The van der Waals surface area contributed by atoms with Crippen molar-refractivity contribution in [3.8, 4) is 0 Å². The lowest BCUT2D eigenvalue weighted by atomic mass is 10.1. The van der Waals surface area contributed by atoms with Gasteiger partial charge >= 0.3 is 0 Å². The number of nitrogens with one attached hydrogen (secondary N) is 1. The topological polar surface area (TPSA) is 42.3 Å². The zero-order chi connectivity index (χ0) is 12.3. The molecule has 0 bridgehead atoms. The van der Waals surface area contributed by atoms with E-state index in [1.807, 2.05) is 21.0 Å². The van der Waals surface area contributed by atoms with Crippen molar-refractivity contribution in [2.24, 2.45) is 7.05 Å². The molecule has 1 saturated heterocycles. The second kappa shape index (κ2) is 5.62. The molecule has 0 aromatic carbocycles. The van der Waals surface area contributed by atoms with Crippen LogP contribution in [0.4, 0.5) is 0 Å². The lowest BCUT2D eigenvalue weighted by Gasteiger charge is -2.33. The normalized spacial score (nSPS) is 19.5. The highest BCUT2D eigenvalue weighted by Crippen LogP contribution is 2.20. The summed E-state index contributed by atoms with van der Waals surface area (Å²) in [6.07, 6.45) is 2.13. The van der Waals surface area contributed by atoms with Crippen molar-refractivity contribution < 1.29 is 4.74 Å². The molecule has 0 radical (unpaired) electrons. The molecule has 1 fully saturated rings. The Morgan fingerprint density at radius 1 is 1.47 bits per heavy atom. The van der Waals surface area contributed by atoms with E-state index in [1.165, 1.54) is 0 Å². The predicted octanol–water partition coefficient (Wildman–Crippen LogP) is 0.321. The lowest BCUT2D eigenvalue weighted by Crippen LogP contribution is -2.42. The van der Waals surface area contributed by atoms with Crippen LogP contribution in [0.2, 0.25) is 0 Å². The maximum absolute atomic E-state index is 5.41. The molecule has 0 saturated carbocycles. The number of nitrogens with zero attached hydrogens (tertiary/aromatic N) is 3. The third-order valence-corrected chi connectivity index (χ3v) is 3.35. The van der Waals surface area contributed by atoms with Gasteiger partial charge in [0.15, 0.2) is 0 Å². The van der Waals surface area contributed by atoms with Crippen LogP contribution in [-0.2, 0) is 11.8 Å². The second-order valence-corrected chi connectivity index (χ2v) is 4.55. The van der Waals surface area contributed by atoms with Crippen LogP contribution in [0.3, 0.4) is 0 Å². The van der Waals surface area contributed by atoms with Crippen molar-refractivity contribution in [3.63, 3.8) is 0 Å². The molecular weight excluding hydrogens is 216 g/mol. The fourth-order valence-electron chi connectivity index (χ4n) is 2.25. The molecule has 17 heavy (non-hydrogen) atoms. The minimum Gasteiger partial charge on any atom is -0.379 e. The highest BCUT2D eigenvalue weighted by molar-refractivity contribution is 5.09. The van der Waals surface area contributed by atoms with E-state index in [0.29, 0.717) is 6.04 Å². The van der Waals surface area contributed by atoms with E-state index in [4.69, 9.17) is 4.74 Å². The molecule has 0 amide bonds. The van der Waals surface area contributed by atoms with Crippen LogP contribution < -0.4 is 5.32 Å². The van der Waals surface area contributed by atoms with Crippen molar-refractivity contribution in [3.05, 3.63) is 17.7 Å². The minimum atomic E-state index is 0.351. The fraction of sp³-hybridized carbons (Fsp3) is 0.750. The number of morpholine rings is 1. The maximum Gasteiger partial charge on any atom is 0.105 e. The Morgan fingerprint density at radius 3 is 2.71 bits per heavy atom. The Labute approximate surface area is 103 Å². The predicted molar refractivity (Wildman–Crippen MR) is 67.0 cm³/mol. The molecule has 5 nitrogen and oxygen atoms in total. The van der Waals surface area contributed by atoms with Crippen molar-refractivity contribution in [2.75, 3.05) is 39.9 Å². The largest absolute Gasteiger partial charge is 0.379 e. The van der Waals surface area contributed by atoms with Gasteiger partial charge in [-0.2, -0.15) is 0 Å². The number of rotatable bonds is 4. The van der Waals surface area contributed by atoms with Gasteiger partial charge in [0.25, 0.3) is 0 Å². The molecule has 1 aliphatic rings. The van der Waals surface area contributed by atoms with E-state index in [1.54, 1.807) is 0 Å². The van der Waals surface area contributed by atoms with Gasteiger partial charge in [-0.1, -0.05) is 0 Å². The molecule has 2 heterocycles. The van der Waals surface area contributed by atoms with Crippen LogP contribution in [-0.4, -0.2) is 54.3 Å². The Morgan fingerprint density at radius 2 is 2.18 bits per heavy atom. The summed E-state index contributed by atoms with van der Waals surface area (Å²) < 4.78 is 7.49. The maximum atomic E-state index is 5.41. The molecular formula is C12H22N4O. The van der Waals surface area contributed by atoms with Gasteiger partial charge < -0.3 is 14.6 Å². The van der Waals surface area contributed by atoms with Gasteiger partial charge in [-0.25, -0.2) is 4.98 Å². The van der Waals surface area contributed by atoms with Crippen LogP contribution in [0.15, 0.2) is 6.20 Å². The third kappa shape index (κ3) is 2.86. The van der Waals surface area contributed by atoms with Crippen LogP contribution in [0.1, 0.15) is 17.6 Å². The van der Waals surface area contributed by atoms with Gasteiger partial charge in [0.1, 0.15) is 5.82 Å². The molecule has 96 valence electrons. The zero-order valence-electron chi connectivity index (χ0n) is 10.9. The Bertz CT molecular complexity index is 338. The minimum absolute atomic E-state index is 0.351. The fourth-order valence-corrected chi connectivity index (χ4v) is 2.25. The van der Waals surface area contributed by atoms with Crippen LogP contribution >= 0.6 is 0 Å². The summed E-state index contributed by atoms with van der Waals surface area (Å²) in [5.74, 6) is 1.06. The smallest absolute Gasteiger partial charge is 0.105 e. The molecule has 5 heteroatoms. The highest BCUT2D eigenvalue weighted by Gasteiger charge is 2.24. The van der Waals surface area contributed by atoms with Crippen molar-refractivity contribution in [2.45, 2.75) is 13.0 Å². The van der Waals surface area contributed by atoms with Gasteiger partial charge in [-0.15, -0.1) is 0 Å². The van der Waals surface area contributed by atoms with E-state index < -0.39 is 0 Å². The molecule has 1 unspecified atom stereocenters. The summed E-state index contributed by atoms with van der Waals surface area (Å²) in [6.45, 7) is 6.59. The summed E-state index contributed by atoms with van der Waals surface area (Å²) in [6, 6.07) is 0.351. The number of likely N-dealkylation sites (N-methyl/N-ethyl adjacent to an activating group) is 1. The van der Waals surface area contributed by atoms with E-state index in [9.17, 15) is 0 Å². The molecule has 2 rings (SSSR count). The molecule has 1 aliphatic heterocycles. The Kier molecular flexibility index (Phi) is 4.15. The van der Waals surface area contributed by atoms with Gasteiger partial charge in [0.2, 0.25) is 0 Å². The van der Waals surface area contributed by atoms with Crippen LogP contribution in [0.25, 0.3) is 0 Å². The van der Waals surface area contributed by atoms with Crippen molar-refractivity contribution in [1.29, 1.82) is 0 Å². The van der Waals surface area contributed by atoms with Gasteiger partial charge in [-0.05, 0) is 14.0 Å².